The quantitative estimate of drug-likeness (QED) is 0.199. The lowest BCUT2D eigenvalue weighted by molar-refractivity contribution is -0.384. The standard InChI is InChI=1S/C27H29N5O6/c28-23-15-22(32(37)38)9-10-24(23)30-26(34)20-6-3-11-31(16-20)25(33)14-21(29-27(35)36)13-17-7-8-18-4-1-2-5-19(18)12-17/h1-2,4-5,7-10,12,15,20-21,29H,3,6,11,13-14,16,28H2,(H,30,34)(H,35,36)/t20-,21-/m1/s1. The number of carbonyl (C=O) groups excluding carboxylic acids is 2. The number of carboxylic acid groups (broad SMARTS) is 1. The number of likely N-dealkylation sites (tertiary alicyclic amines) is 1. The van der Waals surface area contributed by atoms with Crippen LogP contribution in [0.1, 0.15) is 24.8 Å². The second-order valence-electron chi connectivity index (χ2n) is 9.43. The molecule has 1 saturated heterocycles. The number of piperidine rings is 1. The van der Waals surface area contributed by atoms with Crippen molar-refractivity contribution in [1.29, 1.82) is 0 Å². The first-order valence-corrected chi connectivity index (χ1v) is 12.3. The molecule has 3 aromatic carbocycles. The van der Waals surface area contributed by atoms with Crippen LogP contribution >= 0.6 is 0 Å². The van der Waals surface area contributed by atoms with Gasteiger partial charge in [0.2, 0.25) is 11.8 Å². The first-order valence-electron chi connectivity index (χ1n) is 12.3. The molecule has 0 aromatic heterocycles. The maximum absolute atomic E-state index is 13.2. The molecule has 3 aromatic rings. The average Bonchev–Trinajstić information content (AvgIpc) is 2.89. The Labute approximate surface area is 218 Å². The molecule has 1 aliphatic rings. The van der Waals surface area contributed by atoms with Crippen LogP contribution in [0, 0.1) is 16.0 Å². The van der Waals surface area contributed by atoms with Crippen LogP contribution in [-0.2, 0) is 16.0 Å². The highest BCUT2D eigenvalue weighted by molar-refractivity contribution is 5.96. The van der Waals surface area contributed by atoms with Crippen molar-refractivity contribution < 1.29 is 24.4 Å². The number of fused-ring (bicyclic) bond motifs is 1. The second-order valence-corrected chi connectivity index (χ2v) is 9.43. The van der Waals surface area contributed by atoms with Crippen LogP contribution in [0.3, 0.4) is 0 Å². The minimum absolute atomic E-state index is 0.0389. The van der Waals surface area contributed by atoms with Gasteiger partial charge in [0, 0.05) is 37.7 Å². The molecule has 1 heterocycles. The molecule has 0 saturated carbocycles. The molecule has 198 valence electrons. The Morgan fingerprint density at radius 1 is 1.11 bits per heavy atom. The van der Waals surface area contributed by atoms with Gasteiger partial charge in [0.15, 0.2) is 0 Å². The van der Waals surface area contributed by atoms with Crippen LogP contribution < -0.4 is 16.4 Å². The molecule has 0 spiro atoms. The molecule has 0 radical (unpaired) electrons. The fourth-order valence-electron chi connectivity index (χ4n) is 4.77. The van der Waals surface area contributed by atoms with Gasteiger partial charge >= 0.3 is 6.09 Å². The summed E-state index contributed by atoms with van der Waals surface area (Å²) in [6.45, 7) is 0.658. The summed E-state index contributed by atoms with van der Waals surface area (Å²) in [7, 11) is 0. The Balaban J connectivity index is 1.39. The number of nitrogen functional groups attached to an aromatic ring is 1. The molecule has 5 N–H and O–H groups in total. The Kier molecular flexibility index (Phi) is 8.05. The minimum Gasteiger partial charge on any atom is -0.465 e. The van der Waals surface area contributed by atoms with Crippen molar-refractivity contribution in [2.45, 2.75) is 31.7 Å². The van der Waals surface area contributed by atoms with Gasteiger partial charge in [0.05, 0.1) is 22.2 Å². The summed E-state index contributed by atoms with van der Waals surface area (Å²) in [5.41, 5.74) is 6.94. The number of benzene rings is 3. The highest BCUT2D eigenvalue weighted by Crippen LogP contribution is 2.26. The predicted octanol–water partition coefficient (Wildman–Crippen LogP) is 3.78. The van der Waals surface area contributed by atoms with Gasteiger partial charge in [-0.2, -0.15) is 0 Å². The molecule has 2 atom stereocenters. The summed E-state index contributed by atoms with van der Waals surface area (Å²) in [5.74, 6) is -1.06. The Hall–Kier alpha value is -4.67. The number of nitrogens with zero attached hydrogens (tertiary/aromatic N) is 2. The van der Waals surface area contributed by atoms with Gasteiger partial charge in [-0.25, -0.2) is 4.79 Å². The smallest absolute Gasteiger partial charge is 0.404 e. The molecule has 11 nitrogen and oxygen atoms in total. The van der Waals surface area contributed by atoms with Crippen molar-refractivity contribution >= 4 is 45.7 Å². The molecule has 1 aliphatic heterocycles. The molecule has 0 aliphatic carbocycles. The number of rotatable bonds is 8. The van der Waals surface area contributed by atoms with Crippen LogP contribution in [0.2, 0.25) is 0 Å². The monoisotopic (exact) mass is 519 g/mol. The molecule has 1 fully saturated rings. The van der Waals surface area contributed by atoms with Crippen LogP contribution in [0.15, 0.2) is 60.7 Å². The van der Waals surface area contributed by atoms with Gasteiger partial charge in [-0.05, 0) is 41.7 Å². The zero-order valence-corrected chi connectivity index (χ0v) is 20.6. The first kappa shape index (κ1) is 26.4. The largest absolute Gasteiger partial charge is 0.465 e. The molecule has 0 unspecified atom stereocenters. The number of nitrogens with one attached hydrogen (secondary N) is 2. The molecule has 38 heavy (non-hydrogen) atoms. The van der Waals surface area contributed by atoms with E-state index >= 15 is 0 Å². The van der Waals surface area contributed by atoms with Crippen molar-refractivity contribution in [3.05, 3.63) is 76.3 Å². The van der Waals surface area contributed by atoms with Gasteiger partial charge in [0.25, 0.3) is 5.69 Å². The van der Waals surface area contributed by atoms with Crippen molar-refractivity contribution in [2.24, 2.45) is 5.92 Å². The lowest BCUT2D eigenvalue weighted by Gasteiger charge is -2.33. The van der Waals surface area contributed by atoms with E-state index in [2.05, 4.69) is 10.6 Å². The van der Waals surface area contributed by atoms with Gasteiger partial charge in [-0.15, -0.1) is 0 Å². The summed E-state index contributed by atoms with van der Waals surface area (Å²) in [6.07, 6.45) is 0.278. The summed E-state index contributed by atoms with van der Waals surface area (Å²) in [4.78, 5) is 49.4. The maximum Gasteiger partial charge on any atom is 0.404 e. The van der Waals surface area contributed by atoms with Crippen molar-refractivity contribution in [3.63, 3.8) is 0 Å². The van der Waals surface area contributed by atoms with E-state index in [1.54, 1.807) is 4.90 Å². The highest BCUT2D eigenvalue weighted by Gasteiger charge is 2.30. The SMILES string of the molecule is Nc1cc([N+](=O)[O-])ccc1NC(=O)[C@@H]1CCCN(C(=O)C[C@@H](Cc2ccc3ccccc3c2)NC(=O)O)C1. The molecule has 11 heteroatoms. The Morgan fingerprint density at radius 2 is 1.87 bits per heavy atom. The summed E-state index contributed by atoms with van der Waals surface area (Å²) < 4.78 is 0. The second kappa shape index (κ2) is 11.6. The summed E-state index contributed by atoms with van der Waals surface area (Å²) in [6, 6.07) is 16.9. The lowest BCUT2D eigenvalue weighted by Crippen LogP contribution is -2.46. The number of carbonyl (C=O) groups is 3. The third-order valence-corrected chi connectivity index (χ3v) is 6.69. The molecule has 0 bridgehead atoms. The zero-order chi connectivity index (χ0) is 27.2. The highest BCUT2D eigenvalue weighted by atomic mass is 16.6. The Morgan fingerprint density at radius 3 is 2.58 bits per heavy atom. The summed E-state index contributed by atoms with van der Waals surface area (Å²) >= 11 is 0. The first-order chi connectivity index (χ1) is 18.2. The normalized spacial score (nSPS) is 16.0. The number of nitro groups is 1. The number of nitro benzene ring substituents is 1. The Bertz CT molecular complexity index is 1380. The fraction of sp³-hybridized carbons (Fsp3) is 0.296. The van der Waals surface area contributed by atoms with E-state index in [9.17, 15) is 29.6 Å². The van der Waals surface area contributed by atoms with Crippen molar-refractivity contribution in [1.82, 2.24) is 10.2 Å². The van der Waals surface area contributed by atoms with E-state index in [1.807, 2.05) is 42.5 Å². The van der Waals surface area contributed by atoms with E-state index in [0.29, 0.717) is 25.8 Å². The van der Waals surface area contributed by atoms with E-state index in [4.69, 9.17) is 5.73 Å². The number of hydrogen-bond acceptors (Lipinski definition) is 6. The zero-order valence-electron chi connectivity index (χ0n) is 20.6. The van der Waals surface area contributed by atoms with Crippen LogP contribution in [-0.4, -0.2) is 52.0 Å². The van der Waals surface area contributed by atoms with Crippen LogP contribution in [0.5, 0.6) is 0 Å². The van der Waals surface area contributed by atoms with Gasteiger partial charge in [-0.1, -0.05) is 42.5 Å². The topological polar surface area (TPSA) is 168 Å². The number of non-ortho nitro benzene ring substituents is 1. The minimum atomic E-state index is -1.21. The number of anilines is 2. The molecular weight excluding hydrogens is 490 g/mol. The van der Waals surface area contributed by atoms with E-state index in [0.717, 1.165) is 16.3 Å². The third-order valence-electron chi connectivity index (χ3n) is 6.69. The molecule has 3 amide bonds. The summed E-state index contributed by atoms with van der Waals surface area (Å²) in [5, 5.41) is 27.5. The van der Waals surface area contributed by atoms with Gasteiger partial charge in [-0.3, -0.25) is 19.7 Å². The number of hydrogen-bond donors (Lipinski definition) is 4. The van der Waals surface area contributed by atoms with Crippen LogP contribution in [0.4, 0.5) is 21.9 Å². The van der Waals surface area contributed by atoms with E-state index < -0.39 is 23.0 Å². The average molecular weight is 520 g/mol. The molecular formula is C27H29N5O6. The fourth-order valence-corrected chi connectivity index (χ4v) is 4.77. The number of nitrogens with two attached hydrogens (primary N) is 1. The lowest BCUT2D eigenvalue weighted by atomic mass is 9.95. The molecule has 4 rings (SSSR count). The van der Waals surface area contributed by atoms with Gasteiger partial charge < -0.3 is 26.4 Å². The van der Waals surface area contributed by atoms with Crippen molar-refractivity contribution in [3.8, 4) is 0 Å². The van der Waals surface area contributed by atoms with Gasteiger partial charge in [0.1, 0.15) is 0 Å². The number of amides is 3. The van der Waals surface area contributed by atoms with E-state index in [1.165, 1.54) is 18.2 Å². The predicted molar refractivity (Wildman–Crippen MR) is 143 cm³/mol. The van der Waals surface area contributed by atoms with Crippen LogP contribution in [0.25, 0.3) is 10.8 Å². The third kappa shape index (κ3) is 6.55. The van der Waals surface area contributed by atoms with E-state index in [-0.39, 0.29) is 41.8 Å². The van der Waals surface area contributed by atoms with Crippen molar-refractivity contribution in [2.75, 3.05) is 24.1 Å². The maximum atomic E-state index is 13.2.